The van der Waals surface area contributed by atoms with Crippen molar-refractivity contribution in [3.63, 3.8) is 0 Å². The van der Waals surface area contributed by atoms with Gasteiger partial charge < -0.3 is 33.5 Å². The molecule has 0 atom stereocenters. The van der Waals surface area contributed by atoms with E-state index < -0.39 is 0 Å². The number of amides is 1. The van der Waals surface area contributed by atoms with E-state index in [1.54, 1.807) is 35.5 Å². The highest BCUT2D eigenvalue weighted by molar-refractivity contribution is 5.86. The molecule has 0 saturated carbocycles. The Hall–Kier alpha value is -4.07. The molecular formula is C29H34N2O6. The van der Waals surface area contributed by atoms with Crippen LogP contribution in [0.3, 0.4) is 0 Å². The molecule has 0 bridgehead atoms. The molecule has 196 valence electrons. The molecule has 1 fully saturated rings. The predicted octanol–water partition coefficient (Wildman–Crippen LogP) is 4.29. The molecule has 1 saturated heterocycles. The summed E-state index contributed by atoms with van der Waals surface area (Å²) in [5, 5.41) is 0. The summed E-state index contributed by atoms with van der Waals surface area (Å²) < 4.78 is 28.0. The summed E-state index contributed by atoms with van der Waals surface area (Å²) in [6.07, 6.45) is 0.268. The molecule has 1 heterocycles. The van der Waals surface area contributed by atoms with Crippen molar-refractivity contribution >= 4 is 11.6 Å². The van der Waals surface area contributed by atoms with E-state index in [1.807, 2.05) is 53.4 Å². The average molecular weight is 507 g/mol. The van der Waals surface area contributed by atoms with Gasteiger partial charge in [0.15, 0.2) is 11.5 Å². The monoisotopic (exact) mass is 506 g/mol. The van der Waals surface area contributed by atoms with Crippen molar-refractivity contribution in [2.45, 2.75) is 6.42 Å². The van der Waals surface area contributed by atoms with E-state index in [-0.39, 0.29) is 12.3 Å². The molecule has 0 radical (unpaired) electrons. The highest BCUT2D eigenvalue weighted by Gasteiger charge is 2.26. The molecule has 0 aliphatic carbocycles. The van der Waals surface area contributed by atoms with Gasteiger partial charge in [-0.25, -0.2) is 0 Å². The Morgan fingerprint density at radius 3 is 1.95 bits per heavy atom. The van der Waals surface area contributed by atoms with Crippen molar-refractivity contribution in [3.05, 3.63) is 60.2 Å². The molecule has 1 aliphatic rings. The highest BCUT2D eigenvalue weighted by Crippen LogP contribution is 2.50. The Balaban J connectivity index is 1.57. The van der Waals surface area contributed by atoms with Crippen LogP contribution in [0.5, 0.6) is 28.7 Å². The maximum absolute atomic E-state index is 13.4. The van der Waals surface area contributed by atoms with Crippen LogP contribution in [0, 0.1) is 0 Å². The smallest absolute Gasteiger partial charge is 0.227 e. The fourth-order valence-corrected chi connectivity index (χ4v) is 4.83. The van der Waals surface area contributed by atoms with Gasteiger partial charge >= 0.3 is 0 Å². The Morgan fingerprint density at radius 1 is 0.676 bits per heavy atom. The van der Waals surface area contributed by atoms with Crippen LogP contribution in [-0.2, 0) is 11.2 Å². The Bertz CT molecular complexity index is 1240. The van der Waals surface area contributed by atoms with Crippen molar-refractivity contribution in [2.75, 3.05) is 66.6 Å². The van der Waals surface area contributed by atoms with E-state index in [0.29, 0.717) is 36.1 Å². The first-order valence-corrected chi connectivity index (χ1v) is 12.2. The van der Waals surface area contributed by atoms with Crippen molar-refractivity contribution in [1.29, 1.82) is 0 Å². The summed E-state index contributed by atoms with van der Waals surface area (Å²) in [4.78, 5) is 17.6. The van der Waals surface area contributed by atoms with E-state index in [2.05, 4.69) is 11.0 Å². The van der Waals surface area contributed by atoms with Gasteiger partial charge in [-0.3, -0.25) is 4.79 Å². The fourth-order valence-electron chi connectivity index (χ4n) is 4.83. The minimum Gasteiger partial charge on any atom is -0.495 e. The number of nitrogens with zero attached hydrogens (tertiary/aromatic N) is 2. The van der Waals surface area contributed by atoms with Gasteiger partial charge in [-0.1, -0.05) is 36.4 Å². The van der Waals surface area contributed by atoms with E-state index in [4.69, 9.17) is 23.7 Å². The fraction of sp³-hybridized carbons (Fsp3) is 0.345. The second kappa shape index (κ2) is 11.8. The first kappa shape index (κ1) is 26.0. The van der Waals surface area contributed by atoms with Gasteiger partial charge in [0.1, 0.15) is 5.75 Å². The summed E-state index contributed by atoms with van der Waals surface area (Å²) in [5.41, 5.74) is 3.59. The number of methoxy groups -OCH3 is 5. The number of hydrogen-bond donors (Lipinski definition) is 0. The molecule has 8 nitrogen and oxygen atoms in total. The third-order valence-electron chi connectivity index (χ3n) is 6.70. The van der Waals surface area contributed by atoms with Gasteiger partial charge in [-0.15, -0.1) is 0 Å². The minimum atomic E-state index is 0.0820. The zero-order valence-electron chi connectivity index (χ0n) is 22.1. The van der Waals surface area contributed by atoms with Crippen molar-refractivity contribution in [3.8, 4) is 39.9 Å². The molecule has 37 heavy (non-hydrogen) atoms. The standard InChI is InChI=1S/C29H34N2O6/c1-33-24-13-9-8-12-23(24)30-14-16-31(17-15-30)26(32)18-20-10-6-7-11-21(20)22-19-25(34-2)28(36-4)29(37-5)27(22)35-3/h6-13,19H,14-18H2,1-5H3. The van der Waals surface area contributed by atoms with Gasteiger partial charge in [0.2, 0.25) is 17.4 Å². The quantitative estimate of drug-likeness (QED) is 0.429. The lowest BCUT2D eigenvalue weighted by Crippen LogP contribution is -2.49. The molecule has 0 unspecified atom stereocenters. The molecule has 1 amide bonds. The number of benzene rings is 3. The SMILES string of the molecule is COc1ccccc1N1CCN(C(=O)Cc2ccccc2-c2cc(OC)c(OC)c(OC)c2OC)CC1. The maximum Gasteiger partial charge on any atom is 0.227 e. The molecule has 0 aromatic heterocycles. The summed E-state index contributed by atoms with van der Waals surface area (Å²) in [5.74, 6) is 2.85. The normalized spacial score (nSPS) is 13.2. The lowest BCUT2D eigenvalue weighted by molar-refractivity contribution is -0.130. The summed E-state index contributed by atoms with van der Waals surface area (Å²) in [6.45, 7) is 2.78. The minimum absolute atomic E-state index is 0.0820. The molecule has 3 aromatic rings. The van der Waals surface area contributed by atoms with Gasteiger partial charge in [0.05, 0.1) is 47.7 Å². The van der Waals surface area contributed by atoms with Crippen molar-refractivity contribution < 1.29 is 28.5 Å². The van der Waals surface area contributed by atoms with Crippen molar-refractivity contribution in [1.82, 2.24) is 4.90 Å². The largest absolute Gasteiger partial charge is 0.495 e. The van der Waals surface area contributed by atoms with Gasteiger partial charge in [-0.2, -0.15) is 0 Å². The zero-order chi connectivity index (χ0) is 26.4. The summed E-state index contributed by atoms with van der Waals surface area (Å²) >= 11 is 0. The maximum atomic E-state index is 13.4. The highest BCUT2D eigenvalue weighted by atomic mass is 16.5. The molecule has 3 aromatic carbocycles. The third kappa shape index (κ3) is 5.23. The summed E-state index contributed by atoms with van der Waals surface area (Å²) in [7, 11) is 7.96. The number of piperazine rings is 1. The number of ether oxygens (including phenoxy) is 5. The number of para-hydroxylation sites is 2. The lowest BCUT2D eigenvalue weighted by atomic mass is 9.95. The van der Waals surface area contributed by atoms with E-state index in [9.17, 15) is 4.79 Å². The second-order valence-corrected chi connectivity index (χ2v) is 8.60. The number of anilines is 1. The van der Waals surface area contributed by atoms with Gasteiger partial charge in [0.25, 0.3) is 0 Å². The van der Waals surface area contributed by atoms with Crippen LogP contribution >= 0.6 is 0 Å². The van der Waals surface area contributed by atoms with Crippen LogP contribution in [0.25, 0.3) is 11.1 Å². The van der Waals surface area contributed by atoms with Gasteiger partial charge in [0, 0.05) is 31.7 Å². The van der Waals surface area contributed by atoms with Crippen LogP contribution in [0.4, 0.5) is 5.69 Å². The first-order valence-electron chi connectivity index (χ1n) is 12.2. The van der Waals surface area contributed by atoms with Crippen LogP contribution in [0.15, 0.2) is 54.6 Å². The van der Waals surface area contributed by atoms with Crippen LogP contribution in [-0.4, -0.2) is 72.5 Å². The van der Waals surface area contributed by atoms with Crippen LogP contribution in [0.1, 0.15) is 5.56 Å². The second-order valence-electron chi connectivity index (χ2n) is 8.60. The predicted molar refractivity (Wildman–Crippen MR) is 144 cm³/mol. The molecule has 4 rings (SSSR count). The summed E-state index contributed by atoms with van der Waals surface area (Å²) in [6, 6.07) is 17.7. The number of rotatable bonds is 9. The number of hydrogen-bond acceptors (Lipinski definition) is 7. The zero-order valence-corrected chi connectivity index (χ0v) is 22.1. The van der Waals surface area contributed by atoms with Crippen LogP contribution in [0.2, 0.25) is 0 Å². The van der Waals surface area contributed by atoms with Crippen LogP contribution < -0.4 is 28.6 Å². The third-order valence-corrected chi connectivity index (χ3v) is 6.70. The molecule has 0 spiro atoms. The number of carbonyl (C=O) groups excluding carboxylic acids is 1. The molecule has 8 heteroatoms. The van der Waals surface area contributed by atoms with Gasteiger partial charge in [-0.05, 0) is 29.3 Å². The first-order chi connectivity index (χ1) is 18.1. The Kier molecular flexibility index (Phi) is 8.28. The van der Waals surface area contributed by atoms with E-state index in [0.717, 1.165) is 41.2 Å². The number of carbonyl (C=O) groups is 1. The Morgan fingerprint density at radius 2 is 1.30 bits per heavy atom. The molecule has 1 aliphatic heterocycles. The Labute approximate surface area is 218 Å². The van der Waals surface area contributed by atoms with E-state index in [1.165, 1.54) is 0 Å². The average Bonchev–Trinajstić information content (AvgIpc) is 2.96. The molecule has 0 N–H and O–H groups in total. The van der Waals surface area contributed by atoms with E-state index >= 15 is 0 Å². The topological polar surface area (TPSA) is 69.7 Å². The van der Waals surface area contributed by atoms with Crippen molar-refractivity contribution in [2.24, 2.45) is 0 Å². The molecular weight excluding hydrogens is 472 g/mol. The lowest BCUT2D eigenvalue weighted by Gasteiger charge is -2.36.